The molecule has 94 valence electrons. The van der Waals surface area contributed by atoms with E-state index in [0.717, 1.165) is 5.75 Å². The molecular formula is C11H17N3O2S. The predicted octanol–water partition coefficient (Wildman–Crippen LogP) is 0.252. The van der Waals surface area contributed by atoms with Crippen LogP contribution in [0.25, 0.3) is 0 Å². The molecule has 0 unspecified atom stereocenters. The van der Waals surface area contributed by atoms with E-state index in [1.165, 1.54) is 22.9 Å². The molecule has 0 aliphatic rings. The number of amides is 1. The fourth-order valence-electron chi connectivity index (χ4n) is 1.29. The molecule has 0 saturated carbocycles. The van der Waals surface area contributed by atoms with E-state index in [1.54, 1.807) is 23.7 Å². The molecule has 1 rings (SSSR count). The van der Waals surface area contributed by atoms with E-state index < -0.39 is 0 Å². The normalized spacial score (nSPS) is 10.2. The Hall–Kier alpha value is -1.43. The van der Waals surface area contributed by atoms with Crippen LogP contribution < -0.4 is 11.3 Å². The van der Waals surface area contributed by atoms with E-state index in [1.807, 2.05) is 6.26 Å². The molecular weight excluding hydrogens is 238 g/mol. The number of anilines is 1. The highest BCUT2D eigenvalue weighted by molar-refractivity contribution is 7.98. The van der Waals surface area contributed by atoms with Crippen LogP contribution in [0.3, 0.4) is 0 Å². The van der Waals surface area contributed by atoms with Crippen LogP contribution in [0.5, 0.6) is 0 Å². The van der Waals surface area contributed by atoms with Gasteiger partial charge in [0.05, 0.1) is 0 Å². The molecule has 0 spiro atoms. The van der Waals surface area contributed by atoms with Gasteiger partial charge in [0.15, 0.2) is 0 Å². The van der Waals surface area contributed by atoms with Crippen molar-refractivity contribution in [2.24, 2.45) is 0 Å². The number of hydrogen-bond acceptors (Lipinski definition) is 4. The Morgan fingerprint density at radius 1 is 1.53 bits per heavy atom. The van der Waals surface area contributed by atoms with Crippen molar-refractivity contribution in [1.82, 2.24) is 9.47 Å². The van der Waals surface area contributed by atoms with Gasteiger partial charge in [-0.2, -0.15) is 11.8 Å². The number of nitrogens with zero attached hydrogens (tertiary/aromatic N) is 2. The second kappa shape index (κ2) is 6.34. The van der Waals surface area contributed by atoms with Crippen LogP contribution in [-0.4, -0.2) is 41.0 Å². The molecule has 0 bridgehead atoms. The zero-order valence-corrected chi connectivity index (χ0v) is 10.9. The number of rotatable bonds is 5. The fraction of sp³-hybridized carbons (Fsp3) is 0.455. The van der Waals surface area contributed by atoms with Crippen molar-refractivity contribution in [1.29, 1.82) is 0 Å². The number of nitrogens with two attached hydrogens (primary N) is 1. The van der Waals surface area contributed by atoms with Crippen molar-refractivity contribution in [3.05, 3.63) is 28.7 Å². The molecule has 6 heteroatoms. The minimum atomic E-state index is -0.217. The van der Waals surface area contributed by atoms with E-state index in [0.29, 0.717) is 12.2 Å². The van der Waals surface area contributed by atoms with Gasteiger partial charge in [-0.3, -0.25) is 9.59 Å². The van der Waals surface area contributed by atoms with Crippen molar-refractivity contribution in [2.75, 3.05) is 31.3 Å². The minimum Gasteiger partial charge on any atom is -0.398 e. The van der Waals surface area contributed by atoms with Gasteiger partial charge < -0.3 is 15.2 Å². The third-order valence-electron chi connectivity index (χ3n) is 2.37. The average molecular weight is 255 g/mol. The number of aromatic nitrogens is 1. The van der Waals surface area contributed by atoms with E-state index in [4.69, 9.17) is 5.73 Å². The molecule has 0 radical (unpaired) electrons. The number of thioether (sulfide) groups is 1. The van der Waals surface area contributed by atoms with Gasteiger partial charge in [0.2, 0.25) is 5.91 Å². The molecule has 0 aromatic carbocycles. The lowest BCUT2D eigenvalue weighted by molar-refractivity contribution is -0.130. The summed E-state index contributed by atoms with van der Waals surface area (Å²) in [4.78, 5) is 24.9. The van der Waals surface area contributed by atoms with Crippen molar-refractivity contribution in [3.63, 3.8) is 0 Å². The number of nitrogen functional groups attached to an aromatic ring is 1. The molecule has 1 amide bonds. The molecule has 5 nitrogen and oxygen atoms in total. The van der Waals surface area contributed by atoms with Crippen molar-refractivity contribution in [3.8, 4) is 0 Å². The van der Waals surface area contributed by atoms with E-state index >= 15 is 0 Å². The van der Waals surface area contributed by atoms with Crippen LogP contribution in [0.1, 0.15) is 0 Å². The van der Waals surface area contributed by atoms with Gasteiger partial charge in [0.1, 0.15) is 6.54 Å². The van der Waals surface area contributed by atoms with Crippen molar-refractivity contribution in [2.45, 2.75) is 6.54 Å². The Kier molecular flexibility index (Phi) is 5.09. The zero-order chi connectivity index (χ0) is 12.8. The number of carbonyl (C=O) groups excluding carboxylic acids is 1. The first-order chi connectivity index (χ1) is 8.04. The lowest BCUT2D eigenvalue weighted by atomic mass is 10.4. The summed E-state index contributed by atoms with van der Waals surface area (Å²) in [6, 6.07) is 2.89. The Balaban J connectivity index is 2.67. The maximum absolute atomic E-state index is 11.8. The smallest absolute Gasteiger partial charge is 0.251 e. The minimum absolute atomic E-state index is 0.0365. The monoisotopic (exact) mass is 255 g/mol. The van der Waals surface area contributed by atoms with Crippen LogP contribution in [0, 0.1) is 0 Å². The van der Waals surface area contributed by atoms with Gasteiger partial charge in [-0.15, -0.1) is 0 Å². The largest absolute Gasteiger partial charge is 0.398 e. The molecule has 0 aliphatic heterocycles. The highest BCUT2D eigenvalue weighted by Gasteiger charge is 2.09. The molecule has 1 heterocycles. The number of pyridine rings is 1. The summed E-state index contributed by atoms with van der Waals surface area (Å²) in [6.07, 6.45) is 3.48. The van der Waals surface area contributed by atoms with Crippen LogP contribution >= 0.6 is 11.8 Å². The Bertz CT molecular complexity index is 445. The van der Waals surface area contributed by atoms with Gasteiger partial charge in [0.25, 0.3) is 5.56 Å². The number of carbonyl (C=O) groups is 1. The second-order valence-electron chi connectivity index (χ2n) is 3.74. The third kappa shape index (κ3) is 4.14. The second-order valence-corrected chi connectivity index (χ2v) is 4.72. The van der Waals surface area contributed by atoms with E-state index in [2.05, 4.69) is 0 Å². The topological polar surface area (TPSA) is 68.3 Å². The summed E-state index contributed by atoms with van der Waals surface area (Å²) in [5.74, 6) is 0.792. The summed E-state index contributed by atoms with van der Waals surface area (Å²) in [7, 11) is 1.73. The number of likely N-dealkylation sites (N-methyl/N-ethyl adjacent to an activating group) is 1. The van der Waals surface area contributed by atoms with Gasteiger partial charge in [-0.25, -0.2) is 0 Å². The fourth-order valence-corrected chi connectivity index (χ4v) is 1.75. The van der Waals surface area contributed by atoms with Crippen molar-refractivity contribution >= 4 is 23.4 Å². The van der Waals surface area contributed by atoms with E-state index in [9.17, 15) is 9.59 Å². The molecule has 0 atom stereocenters. The van der Waals surface area contributed by atoms with Gasteiger partial charge in [0, 0.05) is 37.3 Å². The average Bonchev–Trinajstić information content (AvgIpc) is 2.30. The van der Waals surface area contributed by atoms with Crippen LogP contribution in [0.15, 0.2) is 23.1 Å². The lowest BCUT2D eigenvalue weighted by Gasteiger charge is -2.17. The van der Waals surface area contributed by atoms with Gasteiger partial charge >= 0.3 is 0 Å². The molecule has 1 aromatic heterocycles. The first-order valence-electron chi connectivity index (χ1n) is 5.23. The quantitative estimate of drug-likeness (QED) is 0.819. The van der Waals surface area contributed by atoms with Crippen molar-refractivity contribution < 1.29 is 4.79 Å². The van der Waals surface area contributed by atoms with Crippen LogP contribution in [0.4, 0.5) is 5.69 Å². The summed E-state index contributed by atoms with van der Waals surface area (Å²) < 4.78 is 1.33. The number of hydrogen-bond donors (Lipinski definition) is 1. The van der Waals surface area contributed by atoms with Gasteiger partial charge in [-0.1, -0.05) is 0 Å². The highest BCUT2D eigenvalue weighted by atomic mass is 32.2. The molecule has 0 saturated heterocycles. The molecule has 17 heavy (non-hydrogen) atoms. The third-order valence-corrected chi connectivity index (χ3v) is 2.96. The van der Waals surface area contributed by atoms with Crippen LogP contribution in [0.2, 0.25) is 0 Å². The summed E-state index contributed by atoms with van der Waals surface area (Å²) in [5.41, 5.74) is 5.83. The summed E-state index contributed by atoms with van der Waals surface area (Å²) in [6.45, 7) is 0.714. The van der Waals surface area contributed by atoms with Crippen LogP contribution in [-0.2, 0) is 11.3 Å². The summed E-state index contributed by atoms with van der Waals surface area (Å²) >= 11 is 1.68. The Morgan fingerprint density at radius 3 is 2.88 bits per heavy atom. The Morgan fingerprint density at radius 2 is 2.24 bits per heavy atom. The predicted molar refractivity (Wildman–Crippen MR) is 71.1 cm³/mol. The molecule has 1 aromatic rings. The maximum Gasteiger partial charge on any atom is 0.251 e. The van der Waals surface area contributed by atoms with Gasteiger partial charge in [-0.05, 0) is 12.3 Å². The first kappa shape index (κ1) is 13.6. The lowest BCUT2D eigenvalue weighted by Crippen LogP contribution is -2.34. The SMILES string of the molecule is CSCCN(C)C(=O)Cn1cc(N)ccc1=O. The standard InChI is InChI=1S/C11H17N3O2S/c1-13(5-6-17-2)11(16)8-14-7-9(12)3-4-10(14)15/h3-4,7H,5-6,8,12H2,1-2H3. The molecule has 0 aliphatic carbocycles. The molecule has 2 N–H and O–H groups in total. The summed E-state index contributed by atoms with van der Waals surface area (Å²) in [5, 5.41) is 0. The first-order valence-corrected chi connectivity index (χ1v) is 6.63. The Labute approximate surface area is 105 Å². The van der Waals surface area contributed by atoms with E-state index in [-0.39, 0.29) is 18.0 Å². The zero-order valence-electron chi connectivity index (χ0n) is 10.0. The highest BCUT2D eigenvalue weighted by Crippen LogP contribution is 1.98. The molecule has 0 fully saturated rings. The maximum atomic E-state index is 11.8.